The number of terminal acetylenes is 1. The van der Waals surface area contributed by atoms with Gasteiger partial charge < -0.3 is 10.1 Å². The van der Waals surface area contributed by atoms with Crippen molar-refractivity contribution in [3.63, 3.8) is 0 Å². The van der Waals surface area contributed by atoms with E-state index < -0.39 is 11.6 Å². The minimum absolute atomic E-state index is 0.304. The van der Waals surface area contributed by atoms with Gasteiger partial charge >= 0.3 is 0 Å². The van der Waals surface area contributed by atoms with Crippen LogP contribution in [0.15, 0.2) is 36.4 Å². The highest BCUT2D eigenvalue weighted by Crippen LogP contribution is 2.23. The number of fused-ring (bicyclic) bond motifs is 1. The second kappa shape index (κ2) is 7.06. The summed E-state index contributed by atoms with van der Waals surface area (Å²) in [6.07, 6.45) is 5.27. The lowest BCUT2D eigenvalue weighted by Gasteiger charge is -2.23. The van der Waals surface area contributed by atoms with Crippen LogP contribution in [0, 0.1) is 23.7 Å². The fourth-order valence-electron chi connectivity index (χ4n) is 2.29. The molecule has 24 heavy (non-hydrogen) atoms. The van der Waals surface area contributed by atoms with Gasteiger partial charge in [-0.05, 0) is 55.3 Å². The van der Waals surface area contributed by atoms with Crippen LogP contribution in [0.3, 0.4) is 0 Å². The molecule has 0 aliphatic carbocycles. The molecular weight excluding hydrogens is 300 g/mol. The fourth-order valence-corrected chi connectivity index (χ4v) is 2.29. The van der Waals surface area contributed by atoms with Crippen LogP contribution in [0.25, 0.3) is 10.8 Å². The summed E-state index contributed by atoms with van der Waals surface area (Å²) >= 11 is 0. The van der Waals surface area contributed by atoms with Crippen LogP contribution in [0.5, 0.6) is 5.75 Å². The standard InChI is InChI=1S/C20H20N2O2/c1-5-14-7-8-15-9-10-17(12-16(15)11-14)24-18(6-2)19(23)22-20(3,4)13-21/h1,7-12,18H,6H2,2-4H3,(H,22,23). The van der Waals surface area contributed by atoms with Crippen molar-refractivity contribution in [3.8, 4) is 24.2 Å². The Morgan fingerprint density at radius 1 is 1.29 bits per heavy atom. The quantitative estimate of drug-likeness (QED) is 0.859. The smallest absolute Gasteiger partial charge is 0.262 e. The van der Waals surface area contributed by atoms with Gasteiger partial charge in [-0.2, -0.15) is 5.26 Å². The average molecular weight is 320 g/mol. The van der Waals surface area contributed by atoms with Crippen molar-refractivity contribution >= 4 is 16.7 Å². The molecule has 0 aliphatic rings. The Labute approximate surface area is 142 Å². The first-order valence-electron chi connectivity index (χ1n) is 7.79. The summed E-state index contributed by atoms with van der Waals surface area (Å²) in [6, 6.07) is 13.4. The maximum Gasteiger partial charge on any atom is 0.262 e. The zero-order valence-corrected chi connectivity index (χ0v) is 14.1. The molecule has 1 atom stereocenters. The molecule has 1 unspecified atom stereocenters. The van der Waals surface area contributed by atoms with Crippen LogP contribution in [0.2, 0.25) is 0 Å². The molecule has 0 spiro atoms. The van der Waals surface area contributed by atoms with E-state index >= 15 is 0 Å². The minimum atomic E-state index is -0.932. The molecule has 0 heterocycles. The fraction of sp³-hybridized carbons (Fsp3) is 0.300. The van der Waals surface area contributed by atoms with E-state index in [-0.39, 0.29) is 5.91 Å². The summed E-state index contributed by atoms with van der Waals surface area (Å²) in [6.45, 7) is 5.16. The number of rotatable bonds is 5. The highest BCUT2D eigenvalue weighted by molar-refractivity contribution is 5.86. The number of benzene rings is 2. The van der Waals surface area contributed by atoms with Crippen molar-refractivity contribution in [3.05, 3.63) is 42.0 Å². The average Bonchev–Trinajstić information content (AvgIpc) is 2.58. The summed E-state index contributed by atoms with van der Waals surface area (Å²) < 4.78 is 5.82. The molecule has 0 bridgehead atoms. The first kappa shape index (κ1) is 17.4. The summed E-state index contributed by atoms with van der Waals surface area (Å²) in [4.78, 5) is 12.3. The van der Waals surface area contributed by atoms with Crippen LogP contribution >= 0.6 is 0 Å². The highest BCUT2D eigenvalue weighted by atomic mass is 16.5. The Morgan fingerprint density at radius 2 is 2.00 bits per heavy atom. The number of nitrogens with one attached hydrogen (secondary N) is 1. The van der Waals surface area contributed by atoms with Crippen molar-refractivity contribution in [2.75, 3.05) is 0 Å². The van der Waals surface area contributed by atoms with Gasteiger partial charge in [-0.25, -0.2) is 0 Å². The second-order valence-electron chi connectivity index (χ2n) is 6.11. The summed E-state index contributed by atoms with van der Waals surface area (Å²) in [5.41, 5.74) is -0.140. The minimum Gasteiger partial charge on any atom is -0.481 e. The van der Waals surface area contributed by atoms with Crippen molar-refractivity contribution in [2.45, 2.75) is 38.8 Å². The third-order valence-electron chi connectivity index (χ3n) is 3.64. The van der Waals surface area contributed by atoms with Gasteiger partial charge in [0.25, 0.3) is 5.91 Å². The number of nitriles is 1. The third-order valence-corrected chi connectivity index (χ3v) is 3.64. The van der Waals surface area contributed by atoms with Crippen LogP contribution < -0.4 is 10.1 Å². The first-order valence-corrected chi connectivity index (χ1v) is 7.79. The monoisotopic (exact) mass is 320 g/mol. The second-order valence-corrected chi connectivity index (χ2v) is 6.11. The number of carbonyl (C=O) groups is 1. The van der Waals surface area contributed by atoms with Crippen molar-refractivity contribution in [1.29, 1.82) is 5.26 Å². The SMILES string of the molecule is C#Cc1ccc2ccc(OC(CC)C(=O)NC(C)(C)C#N)cc2c1. The number of amides is 1. The van der Waals surface area contributed by atoms with Crippen LogP contribution in [-0.2, 0) is 4.79 Å². The van der Waals surface area contributed by atoms with Crippen LogP contribution in [0.1, 0.15) is 32.8 Å². The Bertz CT molecular complexity index is 841. The highest BCUT2D eigenvalue weighted by Gasteiger charge is 2.25. The molecule has 4 nitrogen and oxygen atoms in total. The number of ether oxygens (including phenoxy) is 1. The van der Waals surface area contributed by atoms with E-state index in [4.69, 9.17) is 16.4 Å². The summed E-state index contributed by atoms with van der Waals surface area (Å²) in [5, 5.41) is 13.7. The molecule has 0 saturated carbocycles. The molecule has 0 radical (unpaired) electrons. The first-order chi connectivity index (χ1) is 11.4. The van der Waals surface area contributed by atoms with Gasteiger partial charge in [0.05, 0.1) is 6.07 Å². The molecule has 122 valence electrons. The largest absolute Gasteiger partial charge is 0.481 e. The van der Waals surface area contributed by atoms with E-state index in [2.05, 4.69) is 11.2 Å². The van der Waals surface area contributed by atoms with Crippen molar-refractivity contribution in [1.82, 2.24) is 5.32 Å². The topological polar surface area (TPSA) is 62.1 Å². The maximum absolute atomic E-state index is 12.3. The summed E-state index contributed by atoms with van der Waals surface area (Å²) in [7, 11) is 0. The van der Waals surface area contributed by atoms with E-state index in [1.54, 1.807) is 13.8 Å². The Kier molecular flexibility index (Phi) is 5.11. The van der Waals surface area contributed by atoms with E-state index in [9.17, 15) is 4.79 Å². The van der Waals surface area contributed by atoms with Gasteiger partial charge in [0.1, 0.15) is 11.3 Å². The predicted octanol–water partition coefficient (Wildman–Crippen LogP) is 3.40. The van der Waals surface area contributed by atoms with Gasteiger partial charge in [0.15, 0.2) is 6.10 Å². The number of nitrogens with zero attached hydrogens (tertiary/aromatic N) is 1. The van der Waals surface area contributed by atoms with Crippen molar-refractivity contribution < 1.29 is 9.53 Å². The molecule has 2 aromatic carbocycles. The zero-order chi connectivity index (χ0) is 17.7. The molecule has 0 fully saturated rings. The van der Waals surface area contributed by atoms with E-state index in [0.29, 0.717) is 12.2 Å². The maximum atomic E-state index is 12.3. The Balaban J connectivity index is 2.22. The van der Waals surface area contributed by atoms with Crippen molar-refractivity contribution in [2.24, 2.45) is 0 Å². The van der Waals surface area contributed by atoms with Gasteiger partial charge in [-0.3, -0.25) is 4.79 Å². The Morgan fingerprint density at radius 3 is 2.62 bits per heavy atom. The molecular formula is C20H20N2O2. The normalized spacial score (nSPS) is 12.0. The zero-order valence-electron chi connectivity index (χ0n) is 14.1. The van der Waals surface area contributed by atoms with Crippen LogP contribution in [-0.4, -0.2) is 17.6 Å². The lowest BCUT2D eigenvalue weighted by atomic mass is 10.1. The van der Waals surface area contributed by atoms with E-state index in [1.165, 1.54) is 0 Å². The van der Waals surface area contributed by atoms with E-state index in [1.807, 2.05) is 49.4 Å². The van der Waals surface area contributed by atoms with Gasteiger partial charge in [-0.1, -0.05) is 25.0 Å². The van der Waals surface area contributed by atoms with Crippen LogP contribution in [0.4, 0.5) is 0 Å². The number of hydrogen-bond donors (Lipinski definition) is 1. The molecule has 0 aromatic heterocycles. The molecule has 0 saturated heterocycles. The molecule has 2 rings (SSSR count). The van der Waals surface area contributed by atoms with Gasteiger partial charge in [-0.15, -0.1) is 6.42 Å². The molecule has 1 amide bonds. The Hall–Kier alpha value is -2.98. The molecule has 2 aromatic rings. The molecule has 0 aliphatic heterocycles. The third kappa shape index (κ3) is 4.06. The summed E-state index contributed by atoms with van der Waals surface area (Å²) in [5.74, 6) is 2.89. The lowest BCUT2D eigenvalue weighted by molar-refractivity contribution is -0.129. The van der Waals surface area contributed by atoms with E-state index in [0.717, 1.165) is 16.3 Å². The lowest BCUT2D eigenvalue weighted by Crippen LogP contribution is -2.48. The molecule has 1 N–H and O–H groups in total. The number of carbonyl (C=O) groups excluding carboxylic acids is 1. The van der Waals surface area contributed by atoms with Gasteiger partial charge in [0, 0.05) is 5.56 Å². The van der Waals surface area contributed by atoms with Gasteiger partial charge in [0.2, 0.25) is 0 Å². The molecule has 4 heteroatoms. The predicted molar refractivity (Wildman–Crippen MR) is 94.4 cm³/mol. The number of hydrogen-bond acceptors (Lipinski definition) is 3.